The van der Waals surface area contributed by atoms with Gasteiger partial charge in [0.05, 0.1) is 29.4 Å². The van der Waals surface area contributed by atoms with E-state index in [9.17, 15) is 10.2 Å². The van der Waals surface area contributed by atoms with E-state index in [4.69, 9.17) is 4.98 Å². The molecule has 0 fully saturated rings. The van der Waals surface area contributed by atoms with Gasteiger partial charge in [-0.05, 0) is 23.6 Å². The molecule has 122 valence electrons. The molecule has 0 aliphatic heterocycles. The van der Waals surface area contributed by atoms with Crippen molar-refractivity contribution in [2.24, 2.45) is 0 Å². The molecule has 7 heteroatoms. The first-order valence-electron chi connectivity index (χ1n) is 7.60. The number of phenolic OH excluding ortho intramolecular Hbond substituents is 1. The number of nitrogens with one attached hydrogen (secondary N) is 1. The standard InChI is InChI=1S/C17H16N4O2S/c22-9-12(7-11-8-18-10-19-11)21-16-13(3-1-4-14(16)23)20-17(21)15-5-2-6-24-15/h1-6,8,10,12,22-23H,7,9H2,(H,18,19)/t12-/m1/s1. The molecule has 0 aliphatic rings. The normalized spacial score (nSPS) is 12.7. The molecule has 0 saturated heterocycles. The summed E-state index contributed by atoms with van der Waals surface area (Å²) in [5.41, 5.74) is 2.27. The van der Waals surface area contributed by atoms with Gasteiger partial charge in [-0.15, -0.1) is 11.3 Å². The van der Waals surface area contributed by atoms with Crippen molar-refractivity contribution in [2.45, 2.75) is 12.5 Å². The van der Waals surface area contributed by atoms with Crippen LogP contribution < -0.4 is 0 Å². The average Bonchev–Trinajstić information content (AvgIpc) is 3.32. The van der Waals surface area contributed by atoms with E-state index < -0.39 is 0 Å². The van der Waals surface area contributed by atoms with Crippen LogP contribution in [0.25, 0.3) is 21.7 Å². The number of thiophene rings is 1. The number of H-pyrrole nitrogens is 1. The molecule has 3 N–H and O–H groups in total. The fourth-order valence-electron chi connectivity index (χ4n) is 2.95. The zero-order valence-corrected chi connectivity index (χ0v) is 13.6. The second kappa shape index (κ2) is 6.10. The van der Waals surface area contributed by atoms with Crippen molar-refractivity contribution >= 4 is 22.4 Å². The van der Waals surface area contributed by atoms with Gasteiger partial charge in [-0.3, -0.25) is 0 Å². The summed E-state index contributed by atoms with van der Waals surface area (Å²) in [7, 11) is 0. The van der Waals surface area contributed by atoms with E-state index in [0.29, 0.717) is 17.5 Å². The topological polar surface area (TPSA) is 87.0 Å². The first-order valence-corrected chi connectivity index (χ1v) is 8.48. The van der Waals surface area contributed by atoms with Gasteiger partial charge in [0.15, 0.2) is 5.82 Å². The number of hydrogen-bond acceptors (Lipinski definition) is 5. The second-order valence-electron chi connectivity index (χ2n) is 5.54. The third-order valence-electron chi connectivity index (χ3n) is 4.02. The summed E-state index contributed by atoms with van der Waals surface area (Å²) in [4.78, 5) is 12.8. The van der Waals surface area contributed by atoms with Crippen LogP contribution in [-0.4, -0.2) is 36.3 Å². The molecule has 4 aromatic rings. The van der Waals surface area contributed by atoms with Crippen molar-refractivity contribution in [3.8, 4) is 16.5 Å². The van der Waals surface area contributed by atoms with Crippen LogP contribution in [0.5, 0.6) is 5.75 Å². The molecular weight excluding hydrogens is 324 g/mol. The predicted molar refractivity (Wildman–Crippen MR) is 93.1 cm³/mol. The molecule has 3 aromatic heterocycles. The minimum Gasteiger partial charge on any atom is -0.506 e. The summed E-state index contributed by atoms with van der Waals surface area (Å²) in [6.07, 6.45) is 3.93. The number of aromatic amines is 1. The SMILES string of the molecule is OC[C@@H](Cc1cnc[nH]1)n1c(-c2cccs2)nc2cccc(O)c21. The molecule has 24 heavy (non-hydrogen) atoms. The Labute approximate surface area is 142 Å². The Morgan fingerprint density at radius 1 is 1.25 bits per heavy atom. The van der Waals surface area contributed by atoms with Crippen molar-refractivity contribution in [1.82, 2.24) is 19.5 Å². The van der Waals surface area contributed by atoms with Gasteiger partial charge in [0.2, 0.25) is 0 Å². The summed E-state index contributed by atoms with van der Waals surface area (Å²) >= 11 is 1.58. The van der Waals surface area contributed by atoms with Gasteiger partial charge in [0.1, 0.15) is 11.3 Å². The molecule has 1 atom stereocenters. The van der Waals surface area contributed by atoms with Crippen molar-refractivity contribution in [3.05, 3.63) is 53.9 Å². The number of aromatic hydroxyl groups is 1. The van der Waals surface area contributed by atoms with Crippen LogP contribution in [-0.2, 0) is 6.42 Å². The third-order valence-corrected chi connectivity index (χ3v) is 4.88. The zero-order chi connectivity index (χ0) is 16.5. The van der Waals surface area contributed by atoms with Crippen molar-refractivity contribution in [1.29, 1.82) is 0 Å². The monoisotopic (exact) mass is 340 g/mol. The average molecular weight is 340 g/mol. The molecule has 0 unspecified atom stereocenters. The predicted octanol–water partition coefficient (Wildman–Crippen LogP) is 2.97. The Morgan fingerprint density at radius 3 is 2.88 bits per heavy atom. The van der Waals surface area contributed by atoms with E-state index in [0.717, 1.165) is 16.4 Å². The van der Waals surface area contributed by atoms with E-state index in [1.807, 2.05) is 28.1 Å². The van der Waals surface area contributed by atoms with E-state index in [2.05, 4.69) is 9.97 Å². The first-order chi connectivity index (χ1) is 11.8. The van der Waals surface area contributed by atoms with Gasteiger partial charge in [-0.25, -0.2) is 9.97 Å². The Hall–Kier alpha value is -2.64. The number of aliphatic hydroxyl groups is 1. The van der Waals surface area contributed by atoms with Crippen LogP contribution in [0, 0.1) is 0 Å². The van der Waals surface area contributed by atoms with E-state index in [1.54, 1.807) is 36.0 Å². The van der Waals surface area contributed by atoms with Gasteiger partial charge in [-0.2, -0.15) is 0 Å². The highest BCUT2D eigenvalue weighted by Gasteiger charge is 2.23. The molecule has 1 aromatic carbocycles. The van der Waals surface area contributed by atoms with Crippen LogP contribution in [0.2, 0.25) is 0 Å². The van der Waals surface area contributed by atoms with Crippen LogP contribution in [0.3, 0.4) is 0 Å². The molecular formula is C17H16N4O2S. The number of imidazole rings is 2. The molecule has 0 amide bonds. The Balaban J connectivity index is 1.92. The quantitative estimate of drug-likeness (QED) is 0.521. The number of benzene rings is 1. The number of rotatable bonds is 5. The van der Waals surface area contributed by atoms with Crippen LogP contribution in [0.4, 0.5) is 0 Å². The van der Waals surface area contributed by atoms with E-state index >= 15 is 0 Å². The lowest BCUT2D eigenvalue weighted by atomic mass is 10.1. The van der Waals surface area contributed by atoms with Crippen LogP contribution in [0.15, 0.2) is 48.2 Å². The molecule has 0 saturated carbocycles. The fraction of sp³-hybridized carbons (Fsp3) is 0.176. The van der Waals surface area contributed by atoms with E-state index in [1.165, 1.54) is 0 Å². The number of fused-ring (bicyclic) bond motifs is 1. The zero-order valence-electron chi connectivity index (χ0n) is 12.8. The molecule has 0 radical (unpaired) electrons. The largest absolute Gasteiger partial charge is 0.506 e. The van der Waals surface area contributed by atoms with Gasteiger partial charge < -0.3 is 19.8 Å². The number of aromatic nitrogens is 4. The van der Waals surface area contributed by atoms with Crippen molar-refractivity contribution in [2.75, 3.05) is 6.61 Å². The summed E-state index contributed by atoms with van der Waals surface area (Å²) < 4.78 is 1.93. The lowest BCUT2D eigenvalue weighted by Crippen LogP contribution is -2.17. The number of para-hydroxylation sites is 1. The maximum absolute atomic E-state index is 10.4. The smallest absolute Gasteiger partial charge is 0.151 e. The number of aliphatic hydroxyl groups excluding tert-OH is 1. The second-order valence-corrected chi connectivity index (χ2v) is 6.49. The third kappa shape index (κ3) is 2.47. The maximum atomic E-state index is 10.4. The highest BCUT2D eigenvalue weighted by Crippen LogP contribution is 2.35. The molecule has 6 nitrogen and oxygen atoms in total. The van der Waals surface area contributed by atoms with Gasteiger partial charge in [0.25, 0.3) is 0 Å². The lowest BCUT2D eigenvalue weighted by Gasteiger charge is -2.19. The first kappa shape index (κ1) is 14.9. The van der Waals surface area contributed by atoms with Crippen LogP contribution in [0.1, 0.15) is 11.7 Å². The Bertz CT molecular complexity index is 945. The number of hydrogen-bond donors (Lipinski definition) is 3. The maximum Gasteiger partial charge on any atom is 0.151 e. The number of phenols is 1. The molecule has 3 heterocycles. The highest BCUT2D eigenvalue weighted by atomic mass is 32.1. The van der Waals surface area contributed by atoms with Gasteiger partial charge in [0, 0.05) is 18.3 Å². The summed E-state index contributed by atoms with van der Waals surface area (Å²) in [5.74, 6) is 0.908. The van der Waals surface area contributed by atoms with Crippen molar-refractivity contribution in [3.63, 3.8) is 0 Å². The molecule has 0 aliphatic carbocycles. The Kier molecular flexibility index (Phi) is 3.79. The molecule has 0 spiro atoms. The lowest BCUT2D eigenvalue weighted by molar-refractivity contribution is 0.230. The summed E-state index contributed by atoms with van der Waals surface area (Å²) in [6.45, 7) is -0.0722. The van der Waals surface area contributed by atoms with Gasteiger partial charge in [-0.1, -0.05) is 12.1 Å². The van der Waals surface area contributed by atoms with Crippen molar-refractivity contribution < 1.29 is 10.2 Å². The highest BCUT2D eigenvalue weighted by molar-refractivity contribution is 7.13. The summed E-state index contributed by atoms with van der Waals surface area (Å²) in [6, 6.07) is 8.98. The van der Waals surface area contributed by atoms with Gasteiger partial charge >= 0.3 is 0 Å². The summed E-state index contributed by atoms with van der Waals surface area (Å²) in [5, 5.41) is 22.4. The molecule has 4 rings (SSSR count). The number of nitrogens with zero attached hydrogens (tertiary/aromatic N) is 3. The molecule has 0 bridgehead atoms. The fourth-order valence-corrected chi connectivity index (χ4v) is 3.66. The Morgan fingerprint density at radius 2 is 2.17 bits per heavy atom. The van der Waals surface area contributed by atoms with Crippen LogP contribution >= 0.6 is 11.3 Å². The minimum absolute atomic E-state index is 0.0722. The minimum atomic E-state index is -0.263. The van der Waals surface area contributed by atoms with E-state index in [-0.39, 0.29) is 18.4 Å².